The van der Waals surface area contributed by atoms with Gasteiger partial charge in [0.05, 0.1) is 6.61 Å². The number of ether oxygens (including phenoxy) is 2. The minimum absolute atomic E-state index is 0.428. The van der Waals surface area contributed by atoms with E-state index in [1.54, 1.807) is 0 Å². The molecule has 1 aromatic rings. The SMILES string of the molecule is CCOCCCOc1ccc(C(CC)NC)cc1. The second-order valence-corrected chi connectivity index (χ2v) is 4.22. The summed E-state index contributed by atoms with van der Waals surface area (Å²) in [7, 11) is 1.99. The van der Waals surface area contributed by atoms with Crippen LogP contribution in [-0.4, -0.2) is 26.9 Å². The van der Waals surface area contributed by atoms with E-state index in [1.165, 1.54) is 5.56 Å². The van der Waals surface area contributed by atoms with Crippen LogP contribution in [0.5, 0.6) is 5.75 Å². The molecule has 0 saturated heterocycles. The number of hydrogen-bond donors (Lipinski definition) is 1. The maximum atomic E-state index is 5.65. The summed E-state index contributed by atoms with van der Waals surface area (Å²) in [6, 6.07) is 8.76. The molecule has 0 aromatic heterocycles. The van der Waals surface area contributed by atoms with E-state index < -0.39 is 0 Å². The van der Waals surface area contributed by atoms with Gasteiger partial charge in [0.2, 0.25) is 0 Å². The number of nitrogens with one attached hydrogen (secondary N) is 1. The molecule has 0 aliphatic rings. The first-order chi connectivity index (χ1) is 8.81. The fourth-order valence-electron chi connectivity index (χ4n) is 1.90. The van der Waals surface area contributed by atoms with Gasteiger partial charge in [0.25, 0.3) is 0 Å². The Morgan fingerprint density at radius 1 is 1.11 bits per heavy atom. The van der Waals surface area contributed by atoms with Crippen molar-refractivity contribution in [3.05, 3.63) is 29.8 Å². The molecular weight excluding hydrogens is 226 g/mol. The van der Waals surface area contributed by atoms with E-state index in [2.05, 4.69) is 24.4 Å². The molecule has 1 aromatic carbocycles. The Bertz CT molecular complexity index is 307. The average Bonchev–Trinajstić information content (AvgIpc) is 2.41. The minimum atomic E-state index is 0.428. The van der Waals surface area contributed by atoms with Crippen LogP contribution in [0, 0.1) is 0 Å². The molecule has 18 heavy (non-hydrogen) atoms. The Kier molecular flexibility index (Phi) is 7.46. The first kappa shape index (κ1) is 15.0. The quantitative estimate of drug-likeness (QED) is 0.684. The first-order valence-electron chi connectivity index (χ1n) is 6.79. The second-order valence-electron chi connectivity index (χ2n) is 4.22. The normalized spacial score (nSPS) is 12.4. The zero-order chi connectivity index (χ0) is 13.2. The zero-order valence-electron chi connectivity index (χ0n) is 11.7. The predicted octanol–water partition coefficient (Wildman–Crippen LogP) is 3.16. The summed E-state index contributed by atoms with van der Waals surface area (Å²) < 4.78 is 10.9. The van der Waals surface area contributed by atoms with Crippen molar-refractivity contribution in [2.24, 2.45) is 0 Å². The number of hydrogen-bond acceptors (Lipinski definition) is 3. The van der Waals surface area contributed by atoms with E-state index in [-0.39, 0.29) is 0 Å². The highest BCUT2D eigenvalue weighted by molar-refractivity contribution is 5.29. The summed E-state index contributed by atoms with van der Waals surface area (Å²) in [6.45, 7) is 6.44. The molecule has 102 valence electrons. The van der Waals surface area contributed by atoms with Crippen LogP contribution in [0.25, 0.3) is 0 Å². The fourth-order valence-corrected chi connectivity index (χ4v) is 1.90. The maximum absolute atomic E-state index is 5.65. The molecular formula is C15H25NO2. The predicted molar refractivity (Wildman–Crippen MR) is 75.1 cm³/mol. The molecule has 1 rings (SSSR count). The summed E-state index contributed by atoms with van der Waals surface area (Å²) in [5, 5.41) is 3.30. The lowest BCUT2D eigenvalue weighted by atomic mass is 10.1. The molecule has 0 aliphatic carbocycles. The molecule has 1 atom stereocenters. The smallest absolute Gasteiger partial charge is 0.119 e. The zero-order valence-corrected chi connectivity index (χ0v) is 11.7. The third-order valence-corrected chi connectivity index (χ3v) is 2.95. The van der Waals surface area contributed by atoms with Crippen LogP contribution in [0.3, 0.4) is 0 Å². The third-order valence-electron chi connectivity index (χ3n) is 2.95. The van der Waals surface area contributed by atoms with Gasteiger partial charge in [0.1, 0.15) is 5.75 Å². The van der Waals surface area contributed by atoms with E-state index in [0.29, 0.717) is 12.6 Å². The first-order valence-corrected chi connectivity index (χ1v) is 6.79. The van der Waals surface area contributed by atoms with Gasteiger partial charge in [-0.2, -0.15) is 0 Å². The van der Waals surface area contributed by atoms with Gasteiger partial charge in [-0.1, -0.05) is 19.1 Å². The lowest BCUT2D eigenvalue weighted by molar-refractivity contribution is 0.131. The topological polar surface area (TPSA) is 30.5 Å². The van der Waals surface area contributed by atoms with Gasteiger partial charge in [0, 0.05) is 25.7 Å². The Hall–Kier alpha value is -1.06. The summed E-state index contributed by atoms with van der Waals surface area (Å²) in [4.78, 5) is 0. The van der Waals surface area contributed by atoms with E-state index in [0.717, 1.165) is 31.8 Å². The van der Waals surface area contributed by atoms with Crippen LogP contribution in [0.4, 0.5) is 0 Å². The van der Waals surface area contributed by atoms with Gasteiger partial charge in [-0.3, -0.25) is 0 Å². The van der Waals surface area contributed by atoms with Crippen molar-refractivity contribution in [2.45, 2.75) is 32.7 Å². The fraction of sp³-hybridized carbons (Fsp3) is 0.600. The average molecular weight is 251 g/mol. The standard InChI is InChI=1S/C15H25NO2/c1-4-15(16-3)13-7-9-14(10-8-13)18-12-6-11-17-5-2/h7-10,15-16H,4-6,11-12H2,1-3H3. The highest BCUT2D eigenvalue weighted by Crippen LogP contribution is 2.19. The van der Waals surface area contributed by atoms with Gasteiger partial charge < -0.3 is 14.8 Å². The number of benzene rings is 1. The Labute approximate surface area is 110 Å². The van der Waals surface area contributed by atoms with Crippen LogP contribution in [0.1, 0.15) is 38.3 Å². The summed E-state index contributed by atoms with van der Waals surface area (Å²) >= 11 is 0. The molecule has 3 heteroatoms. The molecule has 1 N–H and O–H groups in total. The van der Waals surface area contributed by atoms with Crippen molar-refractivity contribution in [1.29, 1.82) is 0 Å². The van der Waals surface area contributed by atoms with Crippen LogP contribution in [0.15, 0.2) is 24.3 Å². The van der Waals surface area contributed by atoms with Gasteiger partial charge in [-0.05, 0) is 38.1 Å². The van der Waals surface area contributed by atoms with Crippen molar-refractivity contribution in [2.75, 3.05) is 26.9 Å². The van der Waals surface area contributed by atoms with Crippen molar-refractivity contribution in [1.82, 2.24) is 5.32 Å². The summed E-state index contributed by atoms with van der Waals surface area (Å²) in [5.41, 5.74) is 1.31. The molecule has 0 fully saturated rings. The Morgan fingerprint density at radius 3 is 2.39 bits per heavy atom. The highest BCUT2D eigenvalue weighted by atomic mass is 16.5. The van der Waals surface area contributed by atoms with Gasteiger partial charge in [0.15, 0.2) is 0 Å². The van der Waals surface area contributed by atoms with Gasteiger partial charge in [-0.25, -0.2) is 0 Å². The highest BCUT2D eigenvalue weighted by Gasteiger charge is 2.05. The van der Waals surface area contributed by atoms with E-state index in [4.69, 9.17) is 9.47 Å². The van der Waals surface area contributed by atoms with Crippen LogP contribution < -0.4 is 10.1 Å². The molecule has 1 unspecified atom stereocenters. The Morgan fingerprint density at radius 2 is 1.83 bits per heavy atom. The molecule has 0 radical (unpaired) electrons. The molecule has 0 spiro atoms. The molecule has 0 bridgehead atoms. The van der Waals surface area contributed by atoms with Crippen molar-refractivity contribution in [3.63, 3.8) is 0 Å². The maximum Gasteiger partial charge on any atom is 0.119 e. The van der Waals surface area contributed by atoms with Crippen LogP contribution >= 0.6 is 0 Å². The Balaban J connectivity index is 2.35. The molecule has 0 saturated carbocycles. The van der Waals surface area contributed by atoms with E-state index in [1.807, 2.05) is 26.1 Å². The van der Waals surface area contributed by atoms with E-state index in [9.17, 15) is 0 Å². The number of rotatable bonds is 9. The largest absolute Gasteiger partial charge is 0.494 e. The molecule has 0 heterocycles. The lowest BCUT2D eigenvalue weighted by Crippen LogP contribution is -2.14. The minimum Gasteiger partial charge on any atom is -0.494 e. The summed E-state index contributed by atoms with van der Waals surface area (Å²) in [5.74, 6) is 0.932. The van der Waals surface area contributed by atoms with Gasteiger partial charge in [-0.15, -0.1) is 0 Å². The molecule has 0 amide bonds. The monoisotopic (exact) mass is 251 g/mol. The van der Waals surface area contributed by atoms with Crippen LogP contribution in [0.2, 0.25) is 0 Å². The summed E-state index contributed by atoms with van der Waals surface area (Å²) in [6.07, 6.45) is 2.02. The van der Waals surface area contributed by atoms with Gasteiger partial charge >= 0.3 is 0 Å². The van der Waals surface area contributed by atoms with Crippen molar-refractivity contribution < 1.29 is 9.47 Å². The van der Waals surface area contributed by atoms with E-state index >= 15 is 0 Å². The lowest BCUT2D eigenvalue weighted by Gasteiger charge is -2.14. The van der Waals surface area contributed by atoms with Crippen molar-refractivity contribution in [3.8, 4) is 5.75 Å². The molecule has 0 aliphatic heterocycles. The third kappa shape index (κ3) is 5.07. The second kappa shape index (κ2) is 8.95. The van der Waals surface area contributed by atoms with Crippen molar-refractivity contribution >= 4 is 0 Å². The molecule has 3 nitrogen and oxygen atoms in total. The van der Waals surface area contributed by atoms with Crippen LogP contribution in [-0.2, 0) is 4.74 Å².